The van der Waals surface area contributed by atoms with Gasteiger partial charge in [-0.05, 0) is 55.7 Å². The second kappa shape index (κ2) is 7.37. The molecule has 6 heteroatoms. The number of likely N-dealkylation sites (tertiary alicyclic amines) is 1. The number of amides is 1. The lowest BCUT2D eigenvalue weighted by Gasteiger charge is -2.50. The standard InChI is InChI=1S/C20H26ClNO4/c1-24-16-4-5-18(21)17(10-16)19(23)22-12-20(13-22)15(7-9-26-20)6-8-25-11-14-2-3-14/h4-5,10,14-15H,2-3,6-9,11-13H2,1H3/t15-/m1/s1. The van der Waals surface area contributed by atoms with Crippen LogP contribution in [0.15, 0.2) is 18.2 Å². The van der Waals surface area contributed by atoms with Crippen LogP contribution < -0.4 is 4.74 Å². The Balaban J connectivity index is 1.33. The van der Waals surface area contributed by atoms with Gasteiger partial charge in [0.05, 0.1) is 30.8 Å². The molecule has 1 aromatic rings. The summed E-state index contributed by atoms with van der Waals surface area (Å²) >= 11 is 6.22. The lowest BCUT2D eigenvalue weighted by Crippen LogP contribution is -2.66. The van der Waals surface area contributed by atoms with E-state index in [0.717, 1.165) is 38.6 Å². The summed E-state index contributed by atoms with van der Waals surface area (Å²) in [6.45, 7) is 3.73. The van der Waals surface area contributed by atoms with E-state index < -0.39 is 0 Å². The summed E-state index contributed by atoms with van der Waals surface area (Å²) in [5.74, 6) is 1.84. The van der Waals surface area contributed by atoms with Crippen molar-refractivity contribution in [3.05, 3.63) is 28.8 Å². The molecule has 1 aliphatic carbocycles. The molecule has 1 saturated carbocycles. The highest BCUT2D eigenvalue weighted by molar-refractivity contribution is 6.33. The van der Waals surface area contributed by atoms with Gasteiger partial charge in [0.15, 0.2) is 0 Å². The van der Waals surface area contributed by atoms with Crippen molar-refractivity contribution in [3.8, 4) is 5.75 Å². The van der Waals surface area contributed by atoms with Crippen LogP contribution in [0.3, 0.4) is 0 Å². The van der Waals surface area contributed by atoms with E-state index in [1.165, 1.54) is 12.8 Å². The highest BCUT2D eigenvalue weighted by Crippen LogP contribution is 2.42. The van der Waals surface area contributed by atoms with Crippen LogP contribution in [0, 0.1) is 11.8 Å². The summed E-state index contributed by atoms with van der Waals surface area (Å²) in [6, 6.07) is 5.16. The third kappa shape index (κ3) is 3.57. The number of carbonyl (C=O) groups is 1. The predicted octanol–water partition coefficient (Wildman–Crippen LogP) is 3.40. The molecule has 2 aliphatic heterocycles. The quantitative estimate of drug-likeness (QED) is 0.681. The molecule has 4 rings (SSSR count). The Morgan fingerprint density at radius 2 is 2.15 bits per heavy atom. The van der Waals surface area contributed by atoms with Crippen molar-refractivity contribution >= 4 is 17.5 Å². The molecule has 142 valence electrons. The van der Waals surface area contributed by atoms with E-state index >= 15 is 0 Å². The Hall–Kier alpha value is -1.30. The van der Waals surface area contributed by atoms with Gasteiger partial charge in [0.25, 0.3) is 5.91 Å². The molecule has 1 aromatic carbocycles. The average Bonchev–Trinajstić information content (AvgIpc) is 3.34. The lowest BCUT2D eigenvalue weighted by atomic mass is 9.79. The van der Waals surface area contributed by atoms with Crippen LogP contribution >= 0.6 is 11.6 Å². The van der Waals surface area contributed by atoms with Gasteiger partial charge in [-0.15, -0.1) is 0 Å². The third-order valence-corrected chi connectivity index (χ3v) is 6.20. The molecule has 0 unspecified atom stereocenters. The van der Waals surface area contributed by atoms with Gasteiger partial charge in [0.2, 0.25) is 0 Å². The van der Waals surface area contributed by atoms with Gasteiger partial charge >= 0.3 is 0 Å². The molecule has 2 saturated heterocycles. The van der Waals surface area contributed by atoms with Crippen LogP contribution in [-0.2, 0) is 9.47 Å². The number of hydrogen-bond acceptors (Lipinski definition) is 4. The second-order valence-electron chi connectivity index (χ2n) is 7.71. The van der Waals surface area contributed by atoms with Gasteiger partial charge in [-0.3, -0.25) is 4.79 Å². The van der Waals surface area contributed by atoms with Crippen molar-refractivity contribution in [1.29, 1.82) is 0 Å². The molecule has 0 radical (unpaired) electrons. The van der Waals surface area contributed by atoms with Crippen molar-refractivity contribution in [2.45, 2.75) is 31.3 Å². The maximum atomic E-state index is 12.8. The second-order valence-corrected chi connectivity index (χ2v) is 8.12. The molecule has 1 atom stereocenters. The largest absolute Gasteiger partial charge is 0.497 e. The first-order valence-electron chi connectivity index (χ1n) is 9.46. The van der Waals surface area contributed by atoms with Gasteiger partial charge in [0, 0.05) is 19.8 Å². The first kappa shape index (κ1) is 18.1. The average molecular weight is 380 g/mol. The van der Waals surface area contributed by atoms with E-state index in [1.807, 2.05) is 4.90 Å². The summed E-state index contributed by atoms with van der Waals surface area (Å²) in [5.41, 5.74) is 0.299. The van der Waals surface area contributed by atoms with E-state index in [9.17, 15) is 4.79 Å². The molecule has 0 bridgehead atoms. The number of nitrogens with zero attached hydrogens (tertiary/aromatic N) is 1. The summed E-state index contributed by atoms with van der Waals surface area (Å²) in [7, 11) is 1.58. The zero-order valence-electron chi connectivity index (χ0n) is 15.2. The van der Waals surface area contributed by atoms with E-state index in [1.54, 1.807) is 25.3 Å². The van der Waals surface area contributed by atoms with Gasteiger partial charge in [-0.2, -0.15) is 0 Å². The fourth-order valence-corrected chi connectivity index (χ4v) is 4.21. The van der Waals surface area contributed by atoms with E-state index in [-0.39, 0.29) is 11.5 Å². The Bertz CT molecular complexity index is 670. The molecule has 26 heavy (non-hydrogen) atoms. The van der Waals surface area contributed by atoms with Crippen molar-refractivity contribution in [1.82, 2.24) is 4.90 Å². The summed E-state index contributed by atoms with van der Waals surface area (Å²) < 4.78 is 17.1. The van der Waals surface area contributed by atoms with Crippen molar-refractivity contribution in [2.24, 2.45) is 11.8 Å². The van der Waals surface area contributed by atoms with Crippen LogP contribution in [0.1, 0.15) is 36.0 Å². The van der Waals surface area contributed by atoms with Crippen molar-refractivity contribution in [3.63, 3.8) is 0 Å². The molecule has 2 heterocycles. The number of hydrogen-bond donors (Lipinski definition) is 0. The van der Waals surface area contributed by atoms with Crippen LogP contribution in [0.4, 0.5) is 0 Å². The van der Waals surface area contributed by atoms with E-state index in [0.29, 0.717) is 35.3 Å². The number of methoxy groups -OCH3 is 1. The van der Waals surface area contributed by atoms with Gasteiger partial charge < -0.3 is 19.1 Å². The van der Waals surface area contributed by atoms with E-state index in [2.05, 4.69) is 0 Å². The fourth-order valence-electron chi connectivity index (χ4n) is 4.01. The van der Waals surface area contributed by atoms with Gasteiger partial charge in [-0.1, -0.05) is 11.6 Å². The summed E-state index contributed by atoms with van der Waals surface area (Å²) in [4.78, 5) is 14.6. The van der Waals surface area contributed by atoms with Crippen LogP contribution in [-0.4, -0.2) is 56.4 Å². The minimum Gasteiger partial charge on any atom is -0.497 e. The zero-order valence-corrected chi connectivity index (χ0v) is 16.0. The Morgan fingerprint density at radius 1 is 1.35 bits per heavy atom. The topological polar surface area (TPSA) is 48.0 Å². The molecular formula is C20H26ClNO4. The molecule has 5 nitrogen and oxygen atoms in total. The molecular weight excluding hydrogens is 354 g/mol. The predicted molar refractivity (Wildman–Crippen MR) is 98.9 cm³/mol. The van der Waals surface area contributed by atoms with Crippen molar-refractivity contribution in [2.75, 3.05) is 40.0 Å². The maximum Gasteiger partial charge on any atom is 0.255 e. The maximum absolute atomic E-state index is 12.8. The monoisotopic (exact) mass is 379 g/mol. The molecule has 1 amide bonds. The number of ether oxygens (including phenoxy) is 3. The molecule has 0 N–H and O–H groups in total. The van der Waals surface area contributed by atoms with Gasteiger partial charge in [0.1, 0.15) is 11.4 Å². The van der Waals surface area contributed by atoms with Gasteiger partial charge in [-0.25, -0.2) is 0 Å². The summed E-state index contributed by atoms with van der Waals surface area (Å²) in [6.07, 6.45) is 4.70. The Morgan fingerprint density at radius 3 is 2.88 bits per heavy atom. The lowest BCUT2D eigenvalue weighted by molar-refractivity contribution is -0.120. The van der Waals surface area contributed by atoms with Crippen molar-refractivity contribution < 1.29 is 19.0 Å². The smallest absolute Gasteiger partial charge is 0.255 e. The third-order valence-electron chi connectivity index (χ3n) is 5.87. The SMILES string of the molecule is COc1ccc(Cl)c(C(=O)N2CC3(C2)OCC[C@H]3CCOCC2CC2)c1. The number of halogens is 1. The first-order chi connectivity index (χ1) is 12.6. The fraction of sp³-hybridized carbons (Fsp3) is 0.650. The van der Waals surface area contributed by atoms with Crippen LogP contribution in [0.25, 0.3) is 0 Å². The Kier molecular flexibility index (Phi) is 5.13. The molecule has 1 spiro atoms. The summed E-state index contributed by atoms with van der Waals surface area (Å²) in [5, 5.41) is 0.453. The molecule has 3 aliphatic rings. The number of carbonyl (C=O) groups excluding carboxylic acids is 1. The minimum absolute atomic E-state index is 0.0567. The molecule has 3 fully saturated rings. The zero-order chi connectivity index (χ0) is 18.1. The number of rotatable bonds is 7. The highest BCUT2D eigenvalue weighted by Gasteiger charge is 2.54. The van der Waals surface area contributed by atoms with Crippen LogP contribution in [0.5, 0.6) is 5.75 Å². The first-order valence-corrected chi connectivity index (χ1v) is 9.83. The Labute approximate surface area is 159 Å². The molecule has 0 aromatic heterocycles. The highest BCUT2D eigenvalue weighted by atomic mass is 35.5. The number of benzene rings is 1. The van der Waals surface area contributed by atoms with E-state index in [4.69, 9.17) is 25.8 Å². The van der Waals surface area contributed by atoms with Crippen LogP contribution in [0.2, 0.25) is 5.02 Å². The normalized spacial score (nSPS) is 23.9. The minimum atomic E-state index is -0.191.